The van der Waals surface area contributed by atoms with Crippen molar-refractivity contribution >= 4 is 34.7 Å². The zero-order valence-electron chi connectivity index (χ0n) is 10.9. The first kappa shape index (κ1) is 13.3. The molecule has 0 aromatic carbocycles. The Labute approximate surface area is 114 Å². The first-order chi connectivity index (χ1) is 8.97. The molecular weight excluding hydrogens is 264 g/mol. The number of hydrogen-bond acceptors (Lipinski definition) is 4. The highest BCUT2D eigenvalue weighted by molar-refractivity contribution is 7.08. The minimum atomic E-state index is -0.714. The number of rotatable bonds is 2. The van der Waals surface area contributed by atoms with Crippen molar-refractivity contribution in [3.63, 3.8) is 0 Å². The van der Waals surface area contributed by atoms with Gasteiger partial charge in [-0.25, -0.2) is 0 Å². The molecule has 2 aromatic rings. The number of hydrogen-bond donors (Lipinski definition) is 2. The number of aryl methyl sites for hydroxylation is 3. The number of anilines is 2. The maximum atomic E-state index is 11.8. The van der Waals surface area contributed by atoms with Crippen molar-refractivity contribution in [2.24, 2.45) is 7.05 Å². The SMILES string of the molecule is Cc1cc(NC(=O)C(=O)Nc2cscc2C)n(C)n1. The van der Waals surface area contributed by atoms with Crippen LogP contribution in [0, 0.1) is 13.8 Å². The van der Waals surface area contributed by atoms with Crippen LogP contribution in [-0.4, -0.2) is 21.6 Å². The molecule has 0 aliphatic heterocycles. The Morgan fingerprint density at radius 1 is 1.21 bits per heavy atom. The maximum absolute atomic E-state index is 11.8. The zero-order chi connectivity index (χ0) is 14.0. The first-order valence-electron chi connectivity index (χ1n) is 5.63. The van der Waals surface area contributed by atoms with Crippen LogP contribution in [0.1, 0.15) is 11.3 Å². The fourth-order valence-corrected chi connectivity index (χ4v) is 2.35. The van der Waals surface area contributed by atoms with Gasteiger partial charge in [-0.1, -0.05) is 0 Å². The molecule has 2 amide bonds. The molecule has 2 N–H and O–H groups in total. The van der Waals surface area contributed by atoms with E-state index in [1.54, 1.807) is 18.5 Å². The Hall–Kier alpha value is -2.15. The molecule has 7 heteroatoms. The molecule has 0 unspecified atom stereocenters. The van der Waals surface area contributed by atoms with Crippen molar-refractivity contribution < 1.29 is 9.59 Å². The van der Waals surface area contributed by atoms with E-state index < -0.39 is 11.8 Å². The quantitative estimate of drug-likeness (QED) is 0.821. The molecule has 0 atom stereocenters. The Bertz CT molecular complexity index is 629. The second-order valence-corrected chi connectivity index (χ2v) is 4.91. The van der Waals surface area contributed by atoms with Crippen LogP contribution >= 0.6 is 11.3 Å². The minimum absolute atomic E-state index is 0.486. The number of aromatic nitrogens is 2. The van der Waals surface area contributed by atoms with Crippen LogP contribution in [0.15, 0.2) is 16.8 Å². The number of carbonyl (C=O) groups excluding carboxylic acids is 2. The third-order valence-corrected chi connectivity index (χ3v) is 3.41. The molecule has 0 saturated carbocycles. The molecular formula is C12H14N4O2S. The van der Waals surface area contributed by atoms with Crippen LogP contribution in [0.2, 0.25) is 0 Å². The van der Waals surface area contributed by atoms with Gasteiger partial charge in [0, 0.05) is 18.5 Å². The van der Waals surface area contributed by atoms with Crippen molar-refractivity contribution in [3.8, 4) is 0 Å². The molecule has 0 aliphatic carbocycles. The molecule has 0 aliphatic rings. The number of thiophene rings is 1. The lowest BCUT2D eigenvalue weighted by atomic mass is 10.3. The van der Waals surface area contributed by atoms with Crippen molar-refractivity contribution in [1.82, 2.24) is 9.78 Å². The van der Waals surface area contributed by atoms with E-state index in [-0.39, 0.29) is 0 Å². The fourth-order valence-electron chi connectivity index (χ4n) is 1.57. The van der Waals surface area contributed by atoms with Gasteiger partial charge in [0.1, 0.15) is 5.82 Å². The summed E-state index contributed by atoms with van der Waals surface area (Å²) in [6.07, 6.45) is 0. The summed E-state index contributed by atoms with van der Waals surface area (Å²) in [5.41, 5.74) is 2.36. The van der Waals surface area contributed by atoms with E-state index in [9.17, 15) is 9.59 Å². The van der Waals surface area contributed by atoms with Gasteiger partial charge in [0.15, 0.2) is 0 Å². The Kier molecular flexibility index (Phi) is 3.66. The summed E-state index contributed by atoms with van der Waals surface area (Å²) in [7, 11) is 1.70. The van der Waals surface area contributed by atoms with Gasteiger partial charge in [-0.3, -0.25) is 14.3 Å². The van der Waals surface area contributed by atoms with Crippen LogP contribution in [0.3, 0.4) is 0 Å². The molecule has 100 valence electrons. The second-order valence-electron chi connectivity index (χ2n) is 4.17. The molecule has 6 nitrogen and oxygen atoms in total. The van der Waals surface area contributed by atoms with Crippen molar-refractivity contribution in [2.45, 2.75) is 13.8 Å². The fraction of sp³-hybridized carbons (Fsp3) is 0.250. The number of carbonyl (C=O) groups is 2. The highest BCUT2D eigenvalue weighted by Crippen LogP contribution is 2.19. The summed E-state index contributed by atoms with van der Waals surface area (Å²) in [6, 6.07) is 1.70. The van der Waals surface area contributed by atoms with Crippen molar-refractivity contribution in [1.29, 1.82) is 0 Å². The topological polar surface area (TPSA) is 76.0 Å². The van der Waals surface area contributed by atoms with E-state index in [2.05, 4.69) is 15.7 Å². The summed E-state index contributed by atoms with van der Waals surface area (Å²) in [5.74, 6) is -0.923. The Morgan fingerprint density at radius 3 is 2.42 bits per heavy atom. The molecule has 2 rings (SSSR count). The smallest absolute Gasteiger partial charge is 0.315 e. The summed E-state index contributed by atoms with van der Waals surface area (Å²) < 4.78 is 1.51. The molecule has 19 heavy (non-hydrogen) atoms. The lowest BCUT2D eigenvalue weighted by molar-refractivity contribution is -0.133. The predicted octanol–water partition coefficient (Wildman–Crippen LogP) is 1.68. The van der Waals surface area contributed by atoms with Gasteiger partial charge in [-0.05, 0) is 24.8 Å². The lowest BCUT2D eigenvalue weighted by Crippen LogP contribution is -2.29. The van der Waals surface area contributed by atoms with Gasteiger partial charge in [0.25, 0.3) is 0 Å². The highest BCUT2D eigenvalue weighted by Gasteiger charge is 2.16. The molecule has 0 radical (unpaired) electrons. The molecule has 0 fully saturated rings. The largest absolute Gasteiger partial charge is 0.317 e. The Balaban J connectivity index is 2.02. The third-order valence-electron chi connectivity index (χ3n) is 2.55. The van der Waals surface area contributed by atoms with Gasteiger partial charge in [-0.2, -0.15) is 5.10 Å². The minimum Gasteiger partial charge on any atom is -0.317 e. The van der Waals surface area contributed by atoms with Gasteiger partial charge in [0.05, 0.1) is 11.4 Å². The molecule has 0 bridgehead atoms. The number of amides is 2. The third kappa shape index (κ3) is 3.00. The van der Waals surface area contributed by atoms with Crippen LogP contribution in [0.25, 0.3) is 0 Å². The predicted molar refractivity (Wildman–Crippen MR) is 74.3 cm³/mol. The van der Waals surface area contributed by atoms with E-state index >= 15 is 0 Å². The molecule has 2 heterocycles. The zero-order valence-corrected chi connectivity index (χ0v) is 11.7. The van der Waals surface area contributed by atoms with Crippen LogP contribution < -0.4 is 10.6 Å². The number of nitrogens with one attached hydrogen (secondary N) is 2. The monoisotopic (exact) mass is 278 g/mol. The summed E-state index contributed by atoms with van der Waals surface area (Å²) in [4.78, 5) is 23.5. The first-order valence-corrected chi connectivity index (χ1v) is 6.57. The normalized spacial score (nSPS) is 10.3. The average molecular weight is 278 g/mol. The van der Waals surface area contributed by atoms with Gasteiger partial charge in [0.2, 0.25) is 0 Å². The van der Waals surface area contributed by atoms with Crippen LogP contribution in [0.5, 0.6) is 0 Å². The standard InChI is InChI=1S/C12H14N4O2S/c1-7-5-19-6-9(7)13-11(17)12(18)14-10-4-8(2)15-16(10)3/h4-6H,1-3H3,(H,13,17)(H,14,18). The van der Waals surface area contributed by atoms with Gasteiger partial charge in [-0.15, -0.1) is 11.3 Å². The van der Waals surface area contributed by atoms with E-state index in [0.29, 0.717) is 11.5 Å². The van der Waals surface area contributed by atoms with E-state index in [0.717, 1.165) is 11.3 Å². The van der Waals surface area contributed by atoms with Crippen molar-refractivity contribution in [2.75, 3.05) is 10.6 Å². The van der Waals surface area contributed by atoms with E-state index in [4.69, 9.17) is 0 Å². The summed E-state index contributed by atoms with van der Waals surface area (Å²) >= 11 is 1.47. The van der Waals surface area contributed by atoms with Crippen LogP contribution in [0.4, 0.5) is 11.5 Å². The summed E-state index contributed by atoms with van der Waals surface area (Å²) in [5, 5.41) is 12.9. The van der Waals surface area contributed by atoms with E-state index in [1.165, 1.54) is 16.0 Å². The van der Waals surface area contributed by atoms with Gasteiger partial charge >= 0.3 is 11.8 Å². The molecule has 2 aromatic heterocycles. The Morgan fingerprint density at radius 2 is 1.89 bits per heavy atom. The lowest BCUT2D eigenvalue weighted by Gasteiger charge is -2.06. The average Bonchev–Trinajstić information content (AvgIpc) is 2.86. The van der Waals surface area contributed by atoms with Gasteiger partial charge < -0.3 is 10.6 Å². The molecule has 0 saturated heterocycles. The van der Waals surface area contributed by atoms with Crippen molar-refractivity contribution in [3.05, 3.63) is 28.1 Å². The summed E-state index contributed by atoms with van der Waals surface area (Å²) in [6.45, 7) is 3.68. The van der Waals surface area contributed by atoms with E-state index in [1.807, 2.05) is 19.2 Å². The molecule has 0 spiro atoms. The number of nitrogens with zero attached hydrogens (tertiary/aromatic N) is 2. The second kappa shape index (κ2) is 5.23. The van der Waals surface area contributed by atoms with Crippen LogP contribution in [-0.2, 0) is 16.6 Å². The highest BCUT2D eigenvalue weighted by atomic mass is 32.1. The maximum Gasteiger partial charge on any atom is 0.315 e.